The molecule has 0 aliphatic carbocycles. The number of aliphatic hydroxyl groups is 1. The van der Waals surface area contributed by atoms with E-state index in [4.69, 9.17) is 0 Å². The van der Waals surface area contributed by atoms with Crippen LogP contribution in [0.15, 0.2) is 48.5 Å². The molecule has 2 rings (SSSR count). The molecule has 142 valence electrons. The van der Waals surface area contributed by atoms with Gasteiger partial charge in [-0.2, -0.15) is 0 Å². The van der Waals surface area contributed by atoms with E-state index in [1.807, 2.05) is 18.2 Å². The van der Waals surface area contributed by atoms with Crippen molar-refractivity contribution in [2.24, 2.45) is 0 Å². The van der Waals surface area contributed by atoms with E-state index < -0.39 is 0 Å². The number of hydrogen-bond donors (Lipinski definition) is 1. The summed E-state index contributed by atoms with van der Waals surface area (Å²) in [6.45, 7) is 2.37. The number of unbranched alkanes of at least 4 members (excludes halogenated alkanes) is 9. The summed E-state index contributed by atoms with van der Waals surface area (Å²) >= 11 is 0. The maximum atomic E-state index is 9.49. The molecule has 0 spiro atoms. The molecule has 0 aliphatic heterocycles. The lowest BCUT2D eigenvalue weighted by molar-refractivity contribution is 0.282. The predicted octanol–water partition coefficient (Wildman–Crippen LogP) is 7.31. The highest BCUT2D eigenvalue weighted by atomic mass is 16.3. The van der Waals surface area contributed by atoms with Crippen molar-refractivity contribution in [2.45, 2.75) is 84.2 Å². The lowest BCUT2D eigenvalue weighted by atomic mass is 9.97. The van der Waals surface area contributed by atoms with Gasteiger partial charge in [-0.15, -0.1) is 0 Å². The fourth-order valence-corrected chi connectivity index (χ4v) is 3.61. The Labute approximate surface area is 160 Å². The van der Waals surface area contributed by atoms with Crippen LogP contribution in [-0.4, -0.2) is 5.11 Å². The van der Waals surface area contributed by atoms with Crippen LogP contribution in [0, 0.1) is 0 Å². The smallest absolute Gasteiger partial charge is 0.0687 e. The first-order valence-electron chi connectivity index (χ1n) is 10.6. The van der Waals surface area contributed by atoms with Crippen molar-refractivity contribution in [3.05, 3.63) is 59.7 Å². The molecule has 0 saturated carbocycles. The average molecular weight is 353 g/mol. The van der Waals surface area contributed by atoms with Crippen LogP contribution in [-0.2, 0) is 13.0 Å². The van der Waals surface area contributed by atoms with Crippen molar-refractivity contribution in [2.75, 3.05) is 0 Å². The Balaban J connectivity index is 1.64. The number of rotatable bonds is 13. The summed E-state index contributed by atoms with van der Waals surface area (Å²) in [4.78, 5) is 0. The standard InChI is InChI=1S/C25H36O/c1-2-3-4-5-6-7-8-9-10-11-14-22-17-19-23(20-18-22)25-16-13-12-15-24(25)21-26/h12-13,15-20,26H,2-11,14,21H2,1H3. The third-order valence-electron chi connectivity index (χ3n) is 5.27. The quantitative estimate of drug-likeness (QED) is 0.375. The van der Waals surface area contributed by atoms with Crippen LogP contribution in [0.4, 0.5) is 0 Å². The Morgan fingerprint density at radius 2 is 1.23 bits per heavy atom. The maximum absolute atomic E-state index is 9.49. The van der Waals surface area contributed by atoms with Crippen LogP contribution < -0.4 is 0 Å². The molecule has 0 saturated heterocycles. The molecule has 0 unspecified atom stereocenters. The van der Waals surface area contributed by atoms with Gasteiger partial charge in [-0.25, -0.2) is 0 Å². The monoisotopic (exact) mass is 352 g/mol. The Morgan fingerprint density at radius 3 is 1.85 bits per heavy atom. The molecular formula is C25H36O. The molecule has 2 aromatic carbocycles. The van der Waals surface area contributed by atoms with Crippen LogP contribution in [0.1, 0.15) is 82.3 Å². The molecule has 0 aliphatic rings. The topological polar surface area (TPSA) is 20.2 Å². The Morgan fingerprint density at radius 1 is 0.654 bits per heavy atom. The van der Waals surface area contributed by atoms with Gasteiger partial charge in [0.1, 0.15) is 0 Å². The molecule has 0 fully saturated rings. The van der Waals surface area contributed by atoms with Gasteiger partial charge in [0.15, 0.2) is 0 Å². The summed E-state index contributed by atoms with van der Waals surface area (Å²) in [6.07, 6.45) is 15.1. The number of aliphatic hydroxyl groups excluding tert-OH is 1. The lowest BCUT2D eigenvalue weighted by Gasteiger charge is -2.08. The van der Waals surface area contributed by atoms with E-state index in [0.29, 0.717) is 0 Å². The van der Waals surface area contributed by atoms with Gasteiger partial charge in [-0.05, 0) is 35.1 Å². The van der Waals surface area contributed by atoms with Crippen molar-refractivity contribution < 1.29 is 5.11 Å². The first-order valence-corrected chi connectivity index (χ1v) is 10.6. The zero-order valence-corrected chi connectivity index (χ0v) is 16.6. The molecule has 0 bridgehead atoms. The predicted molar refractivity (Wildman–Crippen MR) is 113 cm³/mol. The van der Waals surface area contributed by atoms with Crippen molar-refractivity contribution >= 4 is 0 Å². The molecule has 0 aromatic heterocycles. The maximum Gasteiger partial charge on any atom is 0.0687 e. The van der Waals surface area contributed by atoms with Crippen LogP contribution >= 0.6 is 0 Å². The lowest BCUT2D eigenvalue weighted by Crippen LogP contribution is -1.90. The normalized spacial score (nSPS) is 11.0. The third kappa shape index (κ3) is 7.33. The molecule has 0 atom stereocenters. The SMILES string of the molecule is CCCCCCCCCCCCc1ccc(-c2ccccc2CO)cc1. The summed E-state index contributed by atoms with van der Waals surface area (Å²) in [7, 11) is 0. The molecule has 26 heavy (non-hydrogen) atoms. The first-order chi connectivity index (χ1) is 12.8. The number of aryl methyl sites for hydroxylation is 1. The molecule has 0 amide bonds. The summed E-state index contributed by atoms with van der Waals surface area (Å²) < 4.78 is 0. The van der Waals surface area contributed by atoms with Crippen LogP contribution in [0.3, 0.4) is 0 Å². The second kappa shape index (κ2) is 12.7. The van der Waals surface area contributed by atoms with Crippen molar-refractivity contribution in [1.82, 2.24) is 0 Å². The third-order valence-corrected chi connectivity index (χ3v) is 5.27. The fraction of sp³-hybridized carbons (Fsp3) is 0.520. The van der Waals surface area contributed by atoms with Gasteiger partial charge in [-0.3, -0.25) is 0 Å². The van der Waals surface area contributed by atoms with Gasteiger partial charge in [0.25, 0.3) is 0 Å². The van der Waals surface area contributed by atoms with Gasteiger partial charge < -0.3 is 5.11 Å². The molecule has 1 nitrogen and oxygen atoms in total. The highest BCUT2D eigenvalue weighted by Crippen LogP contribution is 2.24. The van der Waals surface area contributed by atoms with Crippen LogP contribution in [0.5, 0.6) is 0 Å². The second-order valence-corrected chi connectivity index (χ2v) is 7.44. The summed E-state index contributed by atoms with van der Waals surface area (Å²) in [6, 6.07) is 17.0. The minimum atomic E-state index is 0.0938. The van der Waals surface area contributed by atoms with Crippen molar-refractivity contribution in [1.29, 1.82) is 0 Å². The summed E-state index contributed by atoms with van der Waals surface area (Å²) in [5, 5.41) is 9.49. The van der Waals surface area contributed by atoms with Gasteiger partial charge in [0.05, 0.1) is 6.61 Å². The van der Waals surface area contributed by atoms with Gasteiger partial charge in [0, 0.05) is 0 Å². The number of benzene rings is 2. The largest absolute Gasteiger partial charge is 0.392 e. The van der Waals surface area contributed by atoms with Crippen molar-refractivity contribution in [3.8, 4) is 11.1 Å². The Hall–Kier alpha value is -1.60. The summed E-state index contributed by atoms with van der Waals surface area (Å²) in [5.74, 6) is 0. The Bertz CT molecular complexity index is 600. The Kier molecular flexibility index (Phi) is 10.1. The van der Waals surface area contributed by atoms with Crippen LogP contribution in [0.25, 0.3) is 11.1 Å². The van der Waals surface area contributed by atoms with Crippen LogP contribution in [0.2, 0.25) is 0 Å². The van der Waals surface area contributed by atoms with Crippen molar-refractivity contribution in [3.63, 3.8) is 0 Å². The van der Waals surface area contributed by atoms with E-state index in [1.165, 1.54) is 81.8 Å². The average Bonchev–Trinajstić information content (AvgIpc) is 2.70. The molecule has 2 aromatic rings. The van der Waals surface area contributed by atoms with Gasteiger partial charge in [-0.1, -0.05) is 113 Å². The molecular weight excluding hydrogens is 316 g/mol. The van der Waals surface area contributed by atoms with E-state index in [0.717, 1.165) is 11.1 Å². The molecule has 0 radical (unpaired) electrons. The van der Waals surface area contributed by atoms with E-state index in [1.54, 1.807) is 0 Å². The van der Waals surface area contributed by atoms with E-state index in [-0.39, 0.29) is 6.61 Å². The minimum absolute atomic E-state index is 0.0938. The van der Waals surface area contributed by atoms with E-state index in [9.17, 15) is 5.11 Å². The second-order valence-electron chi connectivity index (χ2n) is 7.44. The minimum Gasteiger partial charge on any atom is -0.392 e. The number of hydrogen-bond acceptors (Lipinski definition) is 1. The molecule has 0 heterocycles. The highest BCUT2D eigenvalue weighted by Gasteiger charge is 2.03. The molecule has 1 heteroatoms. The fourth-order valence-electron chi connectivity index (χ4n) is 3.61. The first kappa shape index (κ1) is 20.7. The highest BCUT2D eigenvalue weighted by molar-refractivity contribution is 5.67. The molecule has 1 N–H and O–H groups in total. The van der Waals surface area contributed by atoms with E-state index >= 15 is 0 Å². The zero-order chi connectivity index (χ0) is 18.5. The van der Waals surface area contributed by atoms with E-state index in [2.05, 4.69) is 37.3 Å². The van der Waals surface area contributed by atoms with Gasteiger partial charge in [0.2, 0.25) is 0 Å². The zero-order valence-electron chi connectivity index (χ0n) is 16.6. The summed E-state index contributed by atoms with van der Waals surface area (Å²) in [5.41, 5.74) is 4.76. The van der Waals surface area contributed by atoms with Gasteiger partial charge >= 0.3 is 0 Å².